The smallest absolute Gasteiger partial charge is 0.256 e. The monoisotopic (exact) mass is 353 g/mol. The maximum Gasteiger partial charge on any atom is 0.256 e. The third-order valence-corrected chi connectivity index (χ3v) is 5.39. The number of carbonyl (C=O) groups excluding carboxylic acids is 2. The summed E-state index contributed by atoms with van der Waals surface area (Å²) in [6, 6.07) is 3.42. The predicted molar refractivity (Wildman–Crippen MR) is 89.5 cm³/mol. The van der Waals surface area contributed by atoms with Crippen molar-refractivity contribution in [2.24, 2.45) is 0 Å². The van der Waals surface area contributed by atoms with Crippen LogP contribution in [0.2, 0.25) is 5.02 Å². The van der Waals surface area contributed by atoms with Gasteiger partial charge in [-0.15, -0.1) is 0 Å². The molecule has 1 aromatic carbocycles. The van der Waals surface area contributed by atoms with Crippen LogP contribution in [0, 0.1) is 5.82 Å². The number of nitrogens with zero attached hydrogens (tertiary/aromatic N) is 3. The Hall–Kier alpha value is -1.66. The van der Waals surface area contributed by atoms with E-state index in [1.165, 1.54) is 17.0 Å². The molecule has 2 fully saturated rings. The fourth-order valence-electron chi connectivity index (χ4n) is 3.54. The first-order chi connectivity index (χ1) is 11.3. The topological polar surface area (TPSA) is 43.9 Å². The molecule has 0 aromatic heterocycles. The van der Waals surface area contributed by atoms with E-state index in [1.807, 2.05) is 19.0 Å². The quantitative estimate of drug-likeness (QED) is 0.815. The Morgan fingerprint density at radius 3 is 2.71 bits per heavy atom. The van der Waals surface area contributed by atoms with Crippen molar-refractivity contribution >= 4 is 23.4 Å². The average molecular weight is 354 g/mol. The number of hydrogen-bond donors (Lipinski definition) is 0. The Balaban J connectivity index is 1.85. The van der Waals surface area contributed by atoms with Gasteiger partial charge in [0.2, 0.25) is 5.91 Å². The van der Waals surface area contributed by atoms with E-state index in [0.29, 0.717) is 19.1 Å². The van der Waals surface area contributed by atoms with Crippen LogP contribution in [0.5, 0.6) is 0 Å². The Labute approximate surface area is 146 Å². The summed E-state index contributed by atoms with van der Waals surface area (Å²) in [7, 11) is 3.99. The summed E-state index contributed by atoms with van der Waals surface area (Å²) in [5, 5.41) is 0.195. The van der Waals surface area contributed by atoms with E-state index in [9.17, 15) is 14.0 Å². The second-order valence-electron chi connectivity index (χ2n) is 6.76. The molecule has 7 heteroatoms. The van der Waals surface area contributed by atoms with Crippen LogP contribution in [0.25, 0.3) is 0 Å². The first-order valence-electron chi connectivity index (χ1n) is 8.02. The maximum atomic E-state index is 13.5. The van der Waals surface area contributed by atoms with Crippen LogP contribution in [0.4, 0.5) is 4.39 Å². The Kier molecular flexibility index (Phi) is 4.53. The molecule has 2 aliphatic heterocycles. The zero-order valence-electron chi connectivity index (χ0n) is 14.0. The van der Waals surface area contributed by atoms with Crippen LogP contribution >= 0.6 is 11.6 Å². The highest BCUT2D eigenvalue weighted by molar-refractivity contribution is 6.33. The number of halogens is 2. The summed E-state index contributed by atoms with van der Waals surface area (Å²) >= 11 is 6.05. The summed E-state index contributed by atoms with van der Waals surface area (Å²) in [5.74, 6) is -0.973. The van der Waals surface area contributed by atoms with Crippen molar-refractivity contribution in [1.29, 1.82) is 0 Å². The average Bonchev–Trinajstić information content (AvgIpc) is 2.97. The predicted octanol–water partition coefficient (Wildman–Crippen LogP) is 1.85. The van der Waals surface area contributed by atoms with Gasteiger partial charge in [0.05, 0.1) is 16.6 Å². The molecule has 0 unspecified atom stereocenters. The largest absolute Gasteiger partial charge is 0.335 e. The molecule has 5 nitrogen and oxygen atoms in total. The lowest BCUT2D eigenvalue weighted by Gasteiger charge is -2.41. The first-order valence-corrected chi connectivity index (χ1v) is 8.40. The molecule has 2 heterocycles. The van der Waals surface area contributed by atoms with Crippen LogP contribution in [0.3, 0.4) is 0 Å². The molecule has 3 rings (SSSR count). The van der Waals surface area contributed by atoms with Gasteiger partial charge >= 0.3 is 0 Å². The Morgan fingerprint density at radius 1 is 1.33 bits per heavy atom. The molecule has 2 aliphatic rings. The van der Waals surface area contributed by atoms with Crippen molar-refractivity contribution in [3.8, 4) is 0 Å². The van der Waals surface area contributed by atoms with Gasteiger partial charge in [0, 0.05) is 19.1 Å². The number of likely N-dealkylation sites (N-methyl/N-ethyl adjacent to an activating group) is 1. The number of fused-ring (bicyclic) bond motifs is 1. The van der Waals surface area contributed by atoms with E-state index in [2.05, 4.69) is 4.90 Å². The molecular weight excluding hydrogens is 333 g/mol. The molecule has 0 aliphatic carbocycles. The van der Waals surface area contributed by atoms with E-state index in [-0.39, 0.29) is 22.5 Å². The van der Waals surface area contributed by atoms with E-state index in [0.717, 1.165) is 12.5 Å². The highest BCUT2D eigenvalue weighted by Gasteiger charge is 2.45. The second kappa shape index (κ2) is 6.33. The highest BCUT2D eigenvalue weighted by atomic mass is 35.5. The van der Waals surface area contributed by atoms with Crippen molar-refractivity contribution < 1.29 is 14.0 Å². The number of benzene rings is 1. The highest BCUT2D eigenvalue weighted by Crippen LogP contribution is 2.30. The van der Waals surface area contributed by atoms with Gasteiger partial charge in [0.15, 0.2) is 0 Å². The lowest BCUT2D eigenvalue weighted by molar-refractivity contribution is -0.141. The van der Waals surface area contributed by atoms with Gasteiger partial charge in [-0.3, -0.25) is 9.59 Å². The summed E-state index contributed by atoms with van der Waals surface area (Å²) < 4.78 is 13.5. The van der Waals surface area contributed by atoms with Crippen molar-refractivity contribution in [3.63, 3.8) is 0 Å². The van der Waals surface area contributed by atoms with Gasteiger partial charge in [0.1, 0.15) is 11.9 Å². The number of rotatable bonds is 2. The lowest BCUT2D eigenvalue weighted by atomic mass is 10.0. The number of carbonyl (C=O) groups is 2. The van der Waals surface area contributed by atoms with Crippen molar-refractivity contribution in [1.82, 2.24) is 14.7 Å². The zero-order valence-corrected chi connectivity index (χ0v) is 14.8. The van der Waals surface area contributed by atoms with Crippen molar-refractivity contribution in [2.75, 3.05) is 27.2 Å². The van der Waals surface area contributed by atoms with E-state index >= 15 is 0 Å². The summed E-state index contributed by atoms with van der Waals surface area (Å²) in [4.78, 5) is 31.0. The normalized spacial score (nSPS) is 26.9. The van der Waals surface area contributed by atoms with Gasteiger partial charge in [-0.2, -0.15) is 0 Å². The van der Waals surface area contributed by atoms with Gasteiger partial charge in [-0.05, 0) is 45.6 Å². The molecule has 0 spiro atoms. The maximum absolute atomic E-state index is 13.5. The number of hydrogen-bond acceptors (Lipinski definition) is 3. The molecule has 24 heavy (non-hydrogen) atoms. The van der Waals surface area contributed by atoms with Crippen LogP contribution in [-0.4, -0.2) is 71.8 Å². The molecule has 130 valence electrons. The summed E-state index contributed by atoms with van der Waals surface area (Å²) in [6.07, 6.45) is 0.826. The van der Waals surface area contributed by atoms with Gasteiger partial charge in [-0.1, -0.05) is 11.6 Å². The molecule has 1 aromatic rings. The van der Waals surface area contributed by atoms with E-state index < -0.39 is 17.8 Å². The van der Waals surface area contributed by atoms with Gasteiger partial charge < -0.3 is 14.7 Å². The zero-order chi connectivity index (χ0) is 17.6. The van der Waals surface area contributed by atoms with Crippen LogP contribution in [-0.2, 0) is 4.79 Å². The van der Waals surface area contributed by atoms with Gasteiger partial charge in [0.25, 0.3) is 5.91 Å². The minimum absolute atomic E-state index is 0.00242. The number of amides is 2. The first kappa shape index (κ1) is 17.2. The molecule has 3 atom stereocenters. The summed E-state index contributed by atoms with van der Waals surface area (Å²) in [6.45, 7) is 2.85. The molecular formula is C17H21ClFN3O2. The molecule has 2 amide bonds. The molecule has 0 N–H and O–H groups in total. The van der Waals surface area contributed by atoms with Crippen LogP contribution < -0.4 is 0 Å². The fourth-order valence-corrected chi connectivity index (χ4v) is 3.74. The molecule has 2 saturated heterocycles. The molecule has 0 radical (unpaired) electrons. The minimum atomic E-state index is -0.575. The van der Waals surface area contributed by atoms with Gasteiger partial charge in [-0.25, -0.2) is 4.39 Å². The minimum Gasteiger partial charge on any atom is -0.335 e. The molecule has 0 saturated carbocycles. The SMILES string of the molecule is C[C@H]1C(=O)N2C[C@@H](N(C)C)C[C@H]2CN1C(=O)c1cc(F)ccc1Cl. The van der Waals surface area contributed by atoms with Crippen LogP contribution in [0.1, 0.15) is 23.7 Å². The van der Waals surface area contributed by atoms with Crippen molar-refractivity contribution in [3.05, 3.63) is 34.6 Å². The lowest BCUT2D eigenvalue weighted by Crippen LogP contribution is -2.60. The Morgan fingerprint density at radius 2 is 2.04 bits per heavy atom. The third kappa shape index (κ3) is 2.89. The third-order valence-electron chi connectivity index (χ3n) is 5.06. The molecule has 0 bridgehead atoms. The number of piperazine rings is 1. The standard InChI is InChI=1S/C17H21ClFN3O2/c1-10-16(23)22-8-12(20(2)3)7-13(22)9-21(10)17(24)14-6-11(19)4-5-15(14)18/h4-6,10,12-13H,7-9H2,1-3H3/t10-,12-,13-/m0/s1. The van der Waals surface area contributed by atoms with Crippen LogP contribution in [0.15, 0.2) is 18.2 Å². The van der Waals surface area contributed by atoms with Crippen molar-refractivity contribution in [2.45, 2.75) is 31.5 Å². The van der Waals surface area contributed by atoms with E-state index in [4.69, 9.17) is 11.6 Å². The summed E-state index contributed by atoms with van der Waals surface area (Å²) in [5.41, 5.74) is 0.104. The van der Waals surface area contributed by atoms with E-state index in [1.54, 1.807) is 6.92 Å². The second-order valence-corrected chi connectivity index (χ2v) is 7.16. The Bertz CT molecular complexity index is 682. The fraction of sp³-hybridized carbons (Fsp3) is 0.529.